The van der Waals surface area contributed by atoms with Gasteiger partial charge in [0.2, 0.25) is 5.89 Å². The van der Waals surface area contributed by atoms with Crippen LogP contribution in [0.2, 0.25) is 0 Å². The lowest BCUT2D eigenvalue weighted by Gasteiger charge is -2.29. The number of piperidine rings is 1. The summed E-state index contributed by atoms with van der Waals surface area (Å²) in [6, 6.07) is 6.12. The number of aromatic nitrogens is 3. The molecule has 0 atom stereocenters. The quantitative estimate of drug-likeness (QED) is 0.687. The predicted molar refractivity (Wildman–Crippen MR) is 98.8 cm³/mol. The normalized spacial score (nSPS) is 16.8. The van der Waals surface area contributed by atoms with Gasteiger partial charge < -0.3 is 8.94 Å². The topological polar surface area (TPSA) is 68.2 Å². The molecule has 2 aromatic heterocycles. The van der Waals surface area contributed by atoms with Crippen LogP contribution in [0.15, 0.2) is 27.1 Å². The Morgan fingerprint density at radius 2 is 2.00 bits per heavy atom. The fraction of sp³-hybridized carbons (Fsp3) is 0.550. The Morgan fingerprint density at radius 1 is 1.19 bits per heavy atom. The zero-order valence-corrected chi connectivity index (χ0v) is 15.7. The second-order valence-corrected chi connectivity index (χ2v) is 7.73. The molecule has 0 radical (unpaired) electrons. The summed E-state index contributed by atoms with van der Waals surface area (Å²) in [7, 11) is 0. The molecule has 1 aromatic carbocycles. The number of fused-ring (bicyclic) bond motifs is 1. The van der Waals surface area contributed by atoms with Gasteiger partial charge in [-0.05, 0) is 50.4 Å². The zero-order chi connectivity index (χ0) is 18.1. The number of benzene rings is 1. The minimum absolute atomic E-state index is 0.386. The van der Waals surface area contributed by atoms with E-state index in [9.17, 15) is 0 Å². The third-order valence-electron chi connectivity index (χ3n) is 5.03. The molecule has 6 heteroatoms. The van der Waals surface area contributed by atoms with E-state index in [2.05, 4.69) is 41.9 Å². The number of oxazole rings is 1. The average molecular weight is 354 g/mol. The van der Waals surface area contributed by atoms with E-state index in [1.807, 2.05) is 12.1 Å². The Labute approximate surface area is 153 Å². The van der Waals surface area contributed by atoms with E-state index in [1.165, 1.54) is 0 Å². The van der Waals surface area contributed by atoms with Gasteiger partial charge in [-0.3, -0.25) is 4.90 Å². The Kier molecular flexibility index (Phi) is 4.76. The number of rotatable bonds is 5. The third-order valence-corrected chi connectivity index (χ3v) is 5.03. The van der Waals surface area contributed by atoms with Crippen LogP contribution in [0.5, 0.6) is 0 Å². The van der Waals surface area contributed by atoms with Gasteiger partial charge >= 0.3 is 0 Å². The van der Waals surface area contributed by atoms with Gasteiger partial charge in [-0.1, -0.05) is 31.1 Å². The molecular weight excluding hydrogens is 328 g/mol. The van der Waals surface area contributed by atoms with Gasteiger partial charge in [0.1, 0.15) is 5.52 Å². The minimum atomic E-state index is 0.386. The van der Waals surface area contributed by atoms with Crippen molar-refractivity contribution in [1.82, 2.24) is 20.0 Å². The van der Waals surface area contributed by atoms with Crippen LogP contribution in [0, 0.1) is 12.8 Å². The first-order valence-electron chi connectivity index (χ1n) is 9.48. The standard InChI is InChI=1S/C20H26N4O2/c1-13(2)11-17-22-18(26-23-17)12-24-9-7-15(8-10-24)20-21-16-6-4-5-14(3)19(16)25-20/h4-6,13,15H,7-12H2,1-3H3. The lowest BCUT2D eigenvalue weighted by molar-refractivity contribution is 0.173. The predicted octanol–water partition coefficient (Wildman–Crippen LogP) is 4.10. The maximum Gasteiger partial charge on any atom is 0.240 e. The molecule has 0 saturated carbocycles. The third kappa shape index (κ3) is 3.65. The molecule has 0 aliphatic carbocycles. The molecule has 0 amide bonds. The van der Waals surface area contributed by atoms with Gasteiger partial charge in [-0.25, -0.2) is 4.98 Å². The maximum absolute atomic E-state index is 6.06. The number of aryl methyl sites for hydroxylation is 1. The molecule has 0 spiro atoms. The van der Waals surface area contributed by atoms with Crippen molar-refractivity contribution in [1.29, 1.82) is 0 Å². The largest absolute Gasteiger partial charge is 0.440 e. The molecule has 4 rings (SSSR count). The molecule has 6 nitrogen and oxygen atoms in total. The number of likely N-dealkylation sites (tertiary alicyclic amines) is 1. The Morgan fingerprint density at radius 3 is 2.73 bits per heavy atom. The van der Waals surface area contributed by atoms with Gasteiger partial charge in [0.25, 0.3) is 0 Å². The molecule has 3 heterocycles. The van der Waals surface area contributed by atoms with Crippen molar-refractivity contribution in [2.24, 2.45) is 5.92 Å². The summed E-state index contributed by atoms with van der Waals surface area (Å²) < 4.78 is 11.5. The van der Waals surface area contributed by atoms with Crippen LogP contribution in [0.25, 0.3) is 11.1 Å². The first kappa shape index (κ1) is 17.2. The SMILES string of the molecule is Cc1cccc2nc(C3CCN(Cc4nc(CC(C)C)no4)CC3)oc12. The van der Waals surface area contributed by atoms with Crippen LogP contribution >= 0.6 is 0 Å². The van der Waals surface area contributed by atoms with Crippen LogP contribution in [0.1, 0.15) is 55.8 Å². The molecule has 1 saturated heterocycles. The lowest BCUT2D eigenvalue weighted by Crippen LogP contribution is -2.32. The maximum atomic E-state index is 6.06. The molecule has 26 heavy (non-hydrogen) atoms. The smallest absolute Gasteiger partial charge is 0.240 e. The number of hydrogen-bond donors (Lipinski definition) is 0. The second kappa shape index (κ2) is 7.19. The van der Waals surface area contributed by atoms with Crippen LogP contribution in [-0.2, 0) is 13.0 Å². The van der Waals surface area contributed by atoms with Gasteiger partial charge in [0, 0.05) is 12.3 Å². The highest BCUT2D eigenvalue weighted by atomic mass is 16.5. The summed E-state index contributed by atoms with van der Waals surface area (Å²) in [6.45, 7) is 9.10. The monoisotopic (exact) mass is 354 g/mol. The van der Waals surface area contributed by atoms with Crippen molar-refractivity contribution in [3.05, 3.63) is 41.4 Å². The summed E-state index contributed by atoms with van der Waals surface area (Å²) in [5.41, 5.74) is 3.03. The molecule has 0 unspecified atom stereocenters. The van der Waals surface area contributed by atoms with Crippen LogP contribution in [-0.4, -0.2) is 33.1 Å². The molecule has 1 aliphatic rings. The Bertz CT molecular complexity index is 875. The molecule has 1 aliphatic heterocycles. The summed E-state index contributed by atoms with van der Waals surface area (Å²) in [4.78, 5) is 11.6. The van der Waals surface area contributed by atoms with Crippen molar-refractivity contribution >= 4 is 11.1 Å². The molecule has 138 valence electrons. The van der Waals surface area contributed by atoms with Crippen LogP contribution in [0.3, 0.4) is 0 Å². The Hall–Kier alpha value is -2.21. The molecule has 3 aromatic rings. The van der Waals surface area contributed by atoms with Crippen LogP contribution < -0.4 is 0 Å². The summed E-state index contributed by atoms with van der Waals surface area (Å²) in [5, 5.41) is 4.08. The van der Waals surface area contributed by atoms with E-state index in [1.54, 1.807) is 0 Å². The highest BCUT2D eigenvalue weighted by Crippen LogP contribution is 2.31. The van der Waals surface area contributed by atoms with Gasteiger partial charge in [0.15, 0.2) is 17.3 Å². The van der Waals surface area contributed by atoms with Gasteiger partial charge in [-0.2, -0.15) is 4.98 Å². The fourth-order valence-electron chi connectivity index (χ4n) is 3.61. The van der Waals surface area contributed by atoms with E-state index in [-0.39, 0.29) is 0 Å². The molecule has 1 fully saturated rings. The van der Waals surface area contributed by atoms with Crippen molar-refractivity contribution in [2.45, 2.75) is 52.5 Å². The molecule has 0 bridgehead atoms. The van der Waals surface area contributed by atoms with E-state index in [0.717, 1.165) is 73.2 Å². The summed E-state index contributed by atoms with van der Waals surface area (Å²) in [6.07, 6.45) is 2.94. The second-order valence-electron chi connectivity index (χ2n) is 7.73. The number of para-hydroxylation sites is 1. The van der Waals surface area contributed by atoms with Crippen molar-refractivity contribution in [3.63, 3.8) is 0 Å². The van der Waals surface area contributed by atoms with Crippen molar-refractivity contribution < 1.29 is 8.94 Å². The highest BCUT2D eigenvalue weighted by Gasteiger charge is 2.26. The zero-order valence-electron chi connectivity index (χ0n) is 15.7. The van der Waals surface area contributed by atoms with E-state index < -0.39 is 0 Å². The number of hydrogen-bond acceptors (Lipinski definition) is 6. The van der Waals surface area contributed by atoms with Crippen molar-refractivity contribution in [3.8, 4) is 0 Å². The fourth-order valence-corrected chi connectivity index (χ4v) is 3.61. The first-order valence-corrected chi connectivity index (χ1v) is 9.48. The van der Waals surface area contributed by atoms with Crippen molar-refractivity contribution in [2.75, 3.05) is 13.1 Å². The van der Waals surface area contributed by atoms with E-state index >= 15 is 0 Å². The highest BCUT2D eigenvalue weighted by molar-refractivity contribution is 5.76. The summed E-state index contributed by atoms with van der Waals surface area (Å²) >= 11 is 0. The van der Waals surface area contributed by atoms with Gasteiger partial charge in [-0.15, -0.1) is 0 Å². The lowest BCUT2D eigenvalue weighted by atomic mass is 9.97. The average Bonchev–Trinajstić information content (AvgIpc) is 3.23. The number of nitrogens with zero attached hydrogens (tertiary/aromatic N) is 4. The van der Waals surface area contributed by atoms with E-state index in [4.69, 9.17) is 13.9 Å². The van der Waals surface area contributed by atoms with E-state index in [0.29, 0.717) is 11.8 Å². The van der Waals surface area contributed by atoms with Gasteiger partial charge in [0.05, 0.1) is 6.54 Å². The molecule has 0 N–H and O–H groups in total. The van der Waals surface area contributed by atoms with Crippen LogP contribution in [0.4, 0.5) is 0 Å². The minimum Gasteiger partial charge on any atom is -0.440 e. The Balaban J connectivity index is 1.36. The summed E-state index contributed by atoms with van der Waals surface area (Å²) in [5.74, 6) is 3.34. The molecular formula is C20H26N4O2. The first-order chi connectivity index (χ1) is 12.6.